The third-order valence-electron chi connectivity index (χ3n) is 4.98. The number of unbranched alkanes of at least 4 members (excludes halogenated alkanes) is 13. The van der Waals surface area contributed by atoms with Gasteiger partial charge in [0.2, 0.25) is 0 Å². The van der Waals surface area contributed by atoms with Gasteiger partial charge in [0.15, 0.2) is 0 Å². The molecular weight excluding hydrogens is 336 g/mol. The van der Waals surface area contributed by atoms with E-state index in [-0.39, 0.29) is 11.7 Å². The molecule has 0 rings (SSSR count). The van der Waals surface area contributed by atoms with Gasteiger partial charge in [-0.1, -0.05) is 90.4 Å². The Balaban J connectivity index is 3.24. The fourth-order valence-electron chi connectivity index (χ4n) is 3.14. The Labute approximate surface area is 170 Å². The van der Waals surface area contributed by atoms with Crippen molar-refractivity contribution in [1.82, 2.24) is 0 Å². The molecule has 3 heteroatoms. The molecule has 0 aromatic rings. The second-order valence-corrected chi connectivity index (χ2v) is 8.95. The summed E-state index contributed by atoms with van der Waals surface area (Å²) in [5.41, 5.74) is -0.120. The van der Waals surface area contributed by atoms with Crippen molar-refractivity contribution in [3.8, 4) is 0 Å². The second kappa shape index (κ2) is 19.2. The minimum Gasteiger partial charge on any atom is -0.379 e. The highest BCUT2D eigenvalue weighted by molar-refractivity contribution is 4.62. The molecule has 1 atom stereocenters. The lowest BCUT2D eigenvalue weighted by Gasteiger charge is -2.23. The van der Waals surface area contributed by atoms with Gasteiger partial charge in [0.1, 0.15) is 6.10 Å². The molecule has 164 valence electrons. The highest BCUT2D eigenvalue weighted by Gasteiger charge is 2.15. The first-order valence-electron chi connectivity index (χ1n) is 11.7. The van der Waals surface area contributed by atoms with Gasteiger partial charge in [-0.05, 0) is 27.2 Å². The van der Waals surface area contributed by atoms with Crippen molar-refractivity contribution >= 4 is 0 Å². The average Bonchev–Trinajstić information content (AvgIpc) is 2.63. The van der Waals surface area contributed by atoms with Crippen LogP contribution >= 0.6 is 0 Å². The van der Waals surface area contributed by atoms with Crippen molar-refractivity contribution in [1.29, 1.82) is 0 Å². The van der Waals surface area contributed by atoms with Crippen LogP contribution in [-0.4, -0.2) is 38.6 Å². The first-order chi connectivity index (χ1) is 13.0. The molecule has 0 amide bonds. The summed E-state index contributed by atoms with van der Waals surface area (Å²) in [5, 5.41) is 0. The molecule has 27 heavy (non-hydrogen) atoms. The summed E-state index contributed by atoms with van der Waals surface area (Å²) in [6.07, 6.45) is 19.5. The quantitative estimate of drug-likeness (QED) is 0.205. The van der Waals surface area contributed by atoms with Crippen LogP contribution in [0.2, 0.25) is 0 Å². The molecule has 0 heterocycles. The molecule has 0 radical (unpaired) electrons. The molecule has 0 aliphatic carbocycles. The fraction of sp³-hybridized carbons (Fsp3) is 1.00. The van der Waals surface area contributed by atoms with Gasteiger partial charge in [0.25, 0.3) is 0 Å². The monoisotopic (exact) mass is 386 g/mol. The maximum atomic E-state index is 5.76. The van der Waals surface area contributed by atoms with Gasteiger partial charge in [0.05, 0.1) is 18.8 Å². The van der Waals surface area contributed by atoms with Crippen LogP contribution in [0, 0.1) is 0 Å². The van der Waals surface area contributed by atoms with E-state index in [0.29, 0.717) is 13.2 Å². The van der Waals surface area contributed by atoms with Gasteiger partial charge in [-0.15, -0.1) is 0 Å². The van der Waals surface area contributed by atoms with Gasteiger partial charge >= 0.3 is 0 Å². The molecule has 0 N–H and O–H groups in total. The molecule has 0 saturated carbocycles. The zero-order valence-electron chi connectivity index (χ0n) is 19.3. The van der Waals surface area contributed by atoms with Crippen LogP contribution in [0.25, 0.3) is 0 Å². The number of rotatable bonds is 20. The summed E-state index contributed by atoms with van der Waals surface area (Å²) < 4.78 is 16.9. The van der Waals surface area contributed by atoms with Crippen molar-refractivity contribution in [3.63, 3.8) is 0 Å². The lowest BCUT2D eigenvalue weighted by molar-refractivity contribution is -0.0847. The highest BCUT2D eigenvalue weighted by atomic mass is 16.6. The molecule has 0 bridgehead atoms. The fourth-order valence-corrected chi connectivity index (χ4v) is 3.14. The average molecular weight is 387 g/mol. The Morgan fingerprint density at radius 3 is 1.48 bits per heavy atom. The summed E-state index contributed by atoms with van der Waals surface area (Å²) >= 11 is 0. The summed E-state index contributed by atoms with van der Waals surface area (Å²) in [6, 6.07) is 0. The zero-order chi connectivity index (χ0) is 20.2. The topological polar surface area (TPSA) is 27.7 Å². The van der Waals surface area contributed by atoms with E-state index in [1.165, 1.54) is 83.5 Å². The standard InChI is InChI=1S/C24H50O3/c1-6-7-8-9-10-11-12-13-14-15-16-17-18-19-20-26-21-23(25-5)22-27-24(2,3)4/h23H,6-22H2,1-5H3. The van der Waals surface area contributed by atoms with E-state index in [0.717, 1.165) is 13.0 Å². The van der Waals surface area contributed by atoms with Crippen LogP contribution in [0.3, 0.4) is 0 Å². The second-order valence-electron chi connectivity index (χ2n) is 8.95. The Morgan fingerprint density at radius 1 is 0.630 bits per heavy atom. The van der Waals surface area contributed by atoms with Gasteiger partial charge in [0, 0.05) is 13.7 Å². The van der Waals surface area contributed by atoms with Crippen LogP contribution in [0.15, 0.2) is 0 Å². The zero-order valence-corrected chi connectivity index (χ0v) is 19.3. The number of methoxy groups -OCH3 is 1. The number of hydrogen-bond donors (Lipinski definition) is 0. The maximum Gasteiger partial charge on any atom is 0.104 e. The normalized spacial score (nSPS) is 13.2. The predicted octanol–water partition coefficient (Wildman–Crippen LogP) is 7.31. The van der Waals surface area contributed by atoms with Crippen molar-refractivity contribution < 1.29 is 14.2 Å². The summed E-state index contributed by atoms with van der Waals surface area (Å²) in [4.78, 5) is 0. The van der Waals surface area contributed by atoms with Gasteiger partial charge < -0.3 is 14.2 Å². The van der Waals surface area contributed by atoms with Crippen LogP contribution in [0.5, 0.6) is 0 Å². The Morgan fingerprint density at radius 2 is 1.07 bits per heavy atom. The molecule has 0 spiro atoms. The van der Waals surface area contributed by atoms with Gasteiger partial charge in [-0.2, -0.15) is 0 Å². The van der Waals surface area contributed by atoms with Gasteiger partial charge in [-0.3, -0.25) is 0 Å². The summed E-state index contributed by atoms with van der Waals surface area (Å²) in [6.45, 7) is 10.5. The van der Waals surface area contributed by atoms with Crippen molar-refractivity contribution in [2.24, 2.45) is 0 Å². The summed E-state index contributed by atoms with van der Waals surface area (Å²) in [7, 11) is 1.73. The van der Waals surface area contributed by atoms with Crippen molar-refractivity contribution in [2.75, 3.05) is 26.9 Å². The van der Waals surface area contributed by atoms with E-state index in [1.807, 2.05) is 0 Å². The van der Waals surface area contributed by atoms with Crippen molar-refractivity contribution in [3.05, 3.63) is 0 Å². The third kappa shape index (κ3) is 22.0. The highest BCUT2D eigenvalue weighted by Crippen LogP contribution is 2.13. The smallest absolute Gasteiger partial charge is 0.104 e. The largest absolute Gasteiger partial charge is 0.379 e. The first-order valence-corrected chi connectivity index (χ1v) is 11.7. The maximum absolute atomic E-state index is 5.76. The van der Waals surface area contributed by atoms with E-state index in [2.05, 4.69) is 27.7 Å². The molecule has 0 fully saturated rings. The van der Waals surface area contributed by atoms with E-state index < -0.39 is 0 Å². The van der Waals surface area contributed by atoms with Crippen LogP contribution < -0.4 is 0 Å². The molecule has 0 aliphatic rings. The number of hydrogen-bond acceptors (Lipinski definition) is 3. The minimum absolute atomic E-state index is 0.0378. The third-order valence-corrected chi connectivity index (χ3v) is 4.98. The first kappa shape index (κ1) is 26.9. The lowest BCUT2D eigenvalue weighted by Crippen LogP contribution is -2.30. The number of ether oxygens (including phenoxy) is 3. The van der Waals surface area contributed by atoms with Crippen LogP contribution in [0.1, 0.15) is 118 Å². The Hall–Kier alpha value is -0.120. The molecule has 1 unspecified atom stereocenters. The lowest BCUT2D eigenvalue weighted by atomic mass is 10.0. The van der Waals surface area contributed by atoms with Gasteiger partial charge in [-0.25, -0.2) is 0 Å². The summed E-state index contributed by atoms with van der Waals surface area (Å²) in [5.74, 6) is 0. The van der Waals surface area contributed by atoms with Crippen LogP contribution in [-0.2, 0) is 14.2 Å². The molecule has 0 saturated heterocycles. The van der Waals surface area contributed by atoms with E-state index in [1.54, 1.807) is 7.11 Å². The molecule has 0 aromatic heterocycles. The molecule has 0 aromatic carbocycles. The predicted molar refractivity (Wildman–Crippen MR) is 118 cm³/mol. The molecular formula is C24H50O3. The van der Waals surface area contributed by atoms with E-state index in [4.69, 9.17) is 14.2 Å². The van der Waals surface area contributed by atoms with Crippen LogP contribution in [0.4, 0.5) is 0 Å². The van der Waals surface area contributed by atoms with E-state index >= 15 is 0 Å². The Bertz CT molecular complexity index is 286. The minimum atomic E-state index is -0.120. The van der Waals surface area contributed by atoms with E-state index in [9.17, 15) is 0 Å². The van der Waals surface area contributed by atoms with Crippen molar-refractivity contribution in [2.45, 2.75) is 129 Å². The molecule has 3 nitrogen and oxygen atoms in total. The SMILES string of the molecule is CCCCCCCCCCCCCCCCOCC(COC(C)(C)C)OC. The Kier molecular flexibility index (Phi) is 19.1. The molecule has 0 aliphatic heterocycles.